The molecule has 21 heavy (non-hydrogen) atoms. The molecule has 0 aliphatic rings. The van der Waals surface area contributed by atoms with Crippen molar-refractivity contribution in [2.45, 2.75) is 39.0 Å². The van der Waals surface area contributed by atoms with Gasteiger partial charge in [-0.05, 0) is 44.2 Å². The van der Waals surface area contributed by atoms with Gasteiger partial charge < -0.3 is 0 Å². The van der Waals surface area contributed by atoms with Crippen LogP contribution in [0.5, 0.6) is 0 Å². The van der Waals surface area contributed by atoms with E-state index in [2.05, 4.69) is 82.3 Å². The fourth-order valence-electron chi connectivity index (χ4n) is 3.38. The van der Waals surface area contributed by atoms with Crippen LogP contribution in [0.15, 0.2) is 54.6 Å². The number of benzene rings is 3. The highest BCUT2D eigenvalue weighted by atomic mass is 31.1. The van der Waals surface area contributed by atoms with Crippen molar-refractivity contribution in [3.8, 4) is 0 Å². The third-order valence-electron chi connectivity index (χ3n) is 4.11. The Labute approximate surface area is 128 Å². The molecule has 0 aliphatic heterocycles. The number of hydrogen-bond donors (Lipinski definition) is 0. The molecule has 108 valence electrons. The molecule has 0 aromatic heterocycles. The van der Waals surface area contributed by atoms with Gasteiger partial charge in [0.2, 0.25) is 0 Å². The molecule has 0 bridgehead atoms. The second-order valence-corrected chi connectivity index (χ2v) is 9.59. The molecule has 0 saturated heterocycles. The van der Waals surface area contributed by atoms with Crippen molar-refractivity contribution in [3.05, 3.63) is 54.6 Å². The minimum absolute atomic E-state index is 0.173. The van der Waals surface area contributed by atoms with Gasteiger partial charge >= 0.3 is 0 Å². The summed E-state index contributed by atoms with van der Waals surface area (Å²) in [5.74, 6) is 0. The minimum atomic E-state index is -0.173. The van der Waals surface area contributed by atoms with E-state index in [1.807, 2.05) is 0 Å². The van der Waals surface area contributed by atoms with E-state index in [0.717, 1.165) is 0 Å². The van der Waals surface area contributed by atoms with Gasteiger partial charge in [-0.15, -0.1) is 0 Å². The first-order valence-corrected chi connectivity index (χ1v) is 9.26. The van der Waals surface area contributed by atoms with Gasteiger partial charge in [-0.3, -0.25) is 0 Å². The summed E-state index contributed by atoms with van der Waals surface area (Å²) >= 11 is 0. The summed E-state index contributed by atoms with van der Waals surface area (Å²) in [6.45, 7) is 9.51. The number of fused-ring (bicyclic) bond motifs is 2. The average molecular weight is 294 g/mol. The lowest BCUT2D eigenvalue weighted by molar-refractivity contribution is 1.02. The van der Waals surface area contributed by atoms with Crippen LogP contribution in [-0.2, 0) is 0 Å². The van der Waals surface area contributed by atoms with Crippen LogP contribution in [0.2, 0.25) is 0 Å². The lowest BCUT2D eigenvalue weighted by atomic mass is 10.0. The predicted octanol–water partition coefficient (Wildman–Crippen LogP) is 5.92. The van der Waals surface area contributed by atoms with Crippen molar-refractivity contribution in [2.75, 3.05) is 0 Å². The molecule has 3 aromatic carbocycles. The van der Waals surface area contributed by atoms with E-state index in [1.54, 1.807) is 5.30 Å². The van der Waals surface area contributed by atoms with Crippen molar-refractivity contribution < 1.29 is 0 Å². The fourth-order valence-corrected chi connectivity index (χ4v) is 6.57. The Bertz CT molecular complexity index is 709. The minimum Gasteiger partial charge on any atom is -0.0687 e. The molecule has 3 aromatic rings. The molecule has 0 aliphatic carbocycles. The summed E-state index contributed by atoms with van der Waals surface area (Å²) in [7, 11) is -0.173. The van der Waals surface area contributed by atoms with Crippen LogP contribution in [0.3, 0.4) is 0 Å². The van der Waals surface area contributed by atoms with E-state index in [-0.39, 0.29) is 7.92 Å². The molecule has 0 heterocycles. The number of rotatable bonds is 3. The Morgan fingerprint density at radius 2 is 1.10 bits per heavy atom. The van der Waals surface area contributed by atoms with Gasteiger partial charge in [0.05, 0.1) is 0 Å². The lowest BCUT2D eigenvalue weighted by Crippen LogP contribution is -2.17. The van der Waals surface area contributed by atoms with Crippen LogP contribution in [-0.4, -0.2) is 11.3 Å². The Morgan fingerprint density at radius 3 is 1.52 bits per heavy atom. The maximum absolute atomic E-state index is 2.38. The van der Waals surface area contributed by atoms with E-state index in [0.29, 0.717) is 11.3 Å². The maximum atomic E-state index is 2.38. The van der Waals surface area contributed by atoms with E-state index in [1.165, 1.54) is 21.5 Å². The molecule has 0 radical (unpaired) electrons. The second-order valence-electron chi connectivity index (χ2n) is 6.26. The smallest absolute Gasteiger partial charge is 0.00791 e. The Balaban J connectivity index is 2.45. The highest BCUT2D eigenvalue weighted by Gasteiger charge is 2.23. The van der Waals surface area contributed by atoms with Gasteiger partial charge in [0, 0.05) is 0 Å². The zero-order valence-electron chi connectivity index (χ0n) is 13.3. The van der Waals surface area contributed by atoms with Gasteiger partial charge in [0.25, 0.3) is 0 Å². The van der Waals surface area contributed by atoms with Crippen LogP contribution in [0.25, 0.3) is 21.5 Å². The molecule has 1 heteroatoms. The molecule has 0 fully saturated rings. The number of hydrogen-bond acceptors (Lipinski definition) is 0. The molecule has 0 amide bonds. The molecule has 0 spiro atoms. The van der Waals surface area contributed by atoms with Crippen molar-refractivity contribution in [1.82, 2.24) is 0 Å². The molecule has 0 atom stereocenters. The lowest BCUT2D eigenvalue weighted by Gasteiger charge is -2.29. The summed E-state index contributed by atoms with van der Waals surface area (Å²) in [5.41, 5.74) is 1.41. The monoisotopic (exact) mass is 294 g/mol. The zero-order chi connectivity index (χ0) is 15.0. The Morgan fingerprint density at radius 1 is 0.667 bits per heavy atom. The Hall–Kier alpha value is -1.39. The summed E-state index contributed by atoms with van der Waals surface area (Å²) in [6.07, 6.45) is 0. The van der Waals surface area contributed by atoms with Crippen LogP contribution in [0, 0.1) is 0 Å². The predicted molar refractivity (Wildman–Crippen MR) is 98.3 cm³/mol. The SMILES string of the molecule is CC(C)P(c1c2ccccc2cc2ccccc12)C(C)C. The molecule has 0 saturated carbocycles. The summed E-state index contributed by atoms with van der Waals surface area (Å²) in [6, 6.07) is 20.1. The first-order chi connectivity index (χ1) is 10.1. The molecule has 0 nitrogen and oxygen atoms in total. The van der Waals surface area contributed by atoms with Gasteiger partial charge in [-0.25, -0.2) is 0 Å². The van der Waals surface area contributed by atoms with Gasteiger partial charge in [-0.2, -0.15) is 0 Å². The zero-order valence-corrected chi connectivity index (χ0v) is 14.2. The van der Waals surface area contributed by atoms with Crippen LogP contribution in [0.1, 0.15) is 27.7 Å². The van der Waals surface area contributed by atoms with Crippen molar-refractivity contribution >= 4 is 34.8 Å². The quantitative estimate of drug-likeness (QED) is 0.415. The maximum Gasteiger partial charge on any atom is -0.00791 e. The molecule has 0 N–H and O–H groups in total. The standard InChI is InChI=1S/C20H23P/c1-14(2)21(15(3)4)20-18-11-7-5-9-16(18)13-17-10-6-8-12-19(17)20/h5-15H,1-4H3. The summed E-state index contributed by atoms with van der Waals surface area (Å²) in [5, 5.41) is 7.25. The van der Waals surface area contributed by atoms with Crippen LogP contribution in [0.4, 0.5) is 0 Å². The summed E-state index contributed by atoms with van der Waals surface area (Å²) < 4.78 is 0. The third-order valence-corrected chi connectivity index (χ3v) is 7.34. The van der Waals surface area contributed by atoms with Gasteiger partial charge in [0.15, 0.2) is 0 Å². The first-order valence-electron chi connectivity index (χ1n) is 7.78. The second kappa shape index (κ2) is 5.78. The topological polar surface area (TPSA) is 0 Å². The first kappa shape index (κ1) is 14.5. The van der Waals surface area contributed by atoms with E-state index < -0.39 is 0 Å². The van der Waals surface area contributed by atoms with Crippen LogP contribution < -0.4 is 5.30 Å². The highest BCUT2D eigenvalue weighted by molar-refractivity contribution is 7.68. The molecule has 0 unspecified atom stereocenters. The molecular formula is C20H23P. The molecule has 3 rings (SSSR count). The normalized spacial score (nSPS) is 12.1. The third kappa shape index (κ3) is 2.58. The van der Waals surface area contributed by atoms with Gasteiger partial charge in [-0.1, -0.05) is 84.1 Å². The largest absolute Gasteiger partial charge is 0.0687 e. The van der Waals surface area contributed by atoms with Crippen molar-refractivity contribution in [2.24, 2.45) is 0 Å². The van der Waals surface area contributed by atoms with E-state index in [9.17, 15) is 0 Å². The Kier molecular flexibility index (Phi) is 4.00. The van der Waals surface area contributed by atoms with E-state index >= 15 is 0 Å². The van der Waals surface area contributed by atoms with Crippen molar-refractivity contribution in [1.29, 1.82) is 0 Å². The highest BCUT2D eigenvalue weighted by Crippen LogP contribution is 2.48. The molecular weight excluding hydrogens is 271 g/mol. The van der Waals surface area contributed by atoms with Crippen molar-refractivity contribution in [3.63, 3.8) is 0 Å². The van der Waals surface area contributed by atoms with Gasteiger partial charge in [0.1, 0.15) is 0 Å². The fraction of sp³-hybridized carbons (Fsp3) is 0.300. The summed E-state index contributed by atoms with van der Waals surface area (Å²) in [4.78, 5) is 0. The average Bonchev–Trinajstić information content (AvgIpc) is 2.46. The van der Waals surface area contributed by atoms with E-state index in [4.69, 9.17) is 0 Å². The van der Waals surface area contributed by atoms with Crippen LogP contribution >= 0.6 is 7.92 Å².